The minimum Gasteiger partial charge on any atom is -0.325 e. The Morgan fingerprint density at radius 1 is 1.30 bits per heavy atom. The lowest BCUT2D eigenvalue weighted by atomic mass is 10.0. The first-order valence-corrected chi connectivity index (χ1v) is 8.45. The monoisotopic (exact) mass is 297 g/mol. The molecule has 1 heterocycles. The first kappa shape index (κ1) is 14.8. The molecule has 1 aromatic carbocycles. The molecule has 1 aliphatic heterocycles. The summed E-state index contributed by atoms with van der Waals surface area (Å²) >= 11 is 0. The van der Waals surface area contributed by atoms with Crippen LogP contribution in [0.2, 0.25) is 0 Å². The summed E-state index contributed by atoms with van der Waals surface area (Å²) in [4.78, 5) is 12.1. The SMILES string of the molecule is CS(=O)(=O)Nc1cccc(NC(=O)[C@@H]2CCCCN2)c1. The average Bonchev–Trinajstić information content (AvgIpc) is 2.38. The Labute approximate surface area is 119 Å². The van der Waals surface area contributed by atoms with Crippen molar-refractivity contribution < 1.29 is 13.2 Å². The standard InChI is InChI=1S/C13H19N3O3S/c1-20(18,19)16-11-6-4-5-10(9-11)15-13(17)12-7-2-3-8-14-12/h4-6,9,12,14,16H,2-3,7-8H2,1H3,(H,15,17)/t12-/m0/s1. The van der Waals surface area contributed by atoms with Gasteiger partial charge in [-0.1, -0.05) is 12.5 Å². The maximum atomic E-state index is 12.1. The molecule has 0 radical (unpaired) electrons. The summed E-state index contributed by atoms with van der Waals surface area (Å²) < 4.78 is 24.7. The van der Waals surface area contributed by atoms with E-state index in [-0.39, 0.29) is 11.9 Å². The molecule has 7 heteroatoms. The van der Waals surface area contributed by atoms with E-state index in [9.17, 15) is 13.2 Å². The van der Waals surface area contributed by atoms with Gasteiger partial charge in [-0.2, -0.15) is 0 Å². The summed E-state index contributed by atoms with van der Waals surface area (Å²) in [6.07, 6.45) is 4.05. The third-order valence-corrected chi connectivity index (χ3v) is 3.67. The van der Waals surface area contributed by atoms with Crippen LogP contribution in [0.4, 0.5) is 11.4 Å². The van der Waals surface area contributed by atoms with E-state index in [1.54, 1.807) is 24.3 Å². The summed E-state index contributed by atoms with van der Waals surface area (Å²) in [7, 11) is -3.32. The Hall–Kier alpha value is -1.60. The van der Waals surface area contributed by atoms with Crippen molar-refractivity contribution in [2.45, 2.75) is 25.3 Å². The maximum absolute atomic E-state index is 12.1. The fourth-order valence-electron chi connectivity index (χ4n) is 2.18. The van der Waals surface area contributed by atoms with E-state index in [0.29, 0.717) is 11.4 Å². The molecular weight excluding hydrogens is 278 g/mol. The number of rotatable bonds is 4. The van der Waals surface area contributed by atoms with Crippen molar-refractivity contribution in [3.8, 4) is 0 Å². The van der Waals surface area contributed by atoms with Gasteiger partial charge in [0.15, 0.2) is 0 Å². The predicted molar refractivity (Wildman–Crippen MR) is 79.2 cm³/mol. The van der Waals surface area contributed by atoms with Gasteiger partial charge in [0, 0.05) is 5.69 Å². The Morgan fingerprint density at radius 3 is 2.70 bits per heavy atom. The average molecular weight is 297 g/mol. The molecule has 1 amide bonds. The summed E-state index contributed by atoms with van der Waals surface area (Å²) in [6.45, 7) is 0.855. The van der Waals surface area contributed by atoms with Crippen LogP contribution in [0, 0.1) is 0 Å². The van der Waals surface area contributed by atoms with E-state index >= 15 is 0 Å². The molecule has 110 valence electrons. The Balaban J connectivity index is 2.02. The van der Waals surface area contributed by atoms with E-state index in [1.807, 2.05) is 0 Å². The van der Waals surface area contributed by atoms with Crippen LogP contribution in [-0.2, 0) is 14.8 Å². The fourth-order valence-corrected chi connectivity index (χ4v) is 2.73. The van der Waals surface area contributed by atoms with Crippen molar-refractivity contribution in [2.75, 3.05) is 22.8 Å². The number of benzene rings is 1. The molecule has 1 aliphatic rings. The highest BCUT2D eigenvalue weighted by Crippen LogP contribution is 2.17. The molecule has 20 heavy (non-hydrogen) atoms. The zero-order valence-corrected chi connectivity index (χ0v) is 12.2. The second kappa shape index (κ2) is 6.23. The zero-order chi connectivity index (χ0) is 14.6. The molecule has 6 nitrogen and oxygen atoms in total. The topological polar surface area (TPSA) is 87.3 Å². The van der Waals surface area contributed by atoms with Gasteiger partial charge >= 0.3 is 0 Å². The minimum absolute atomic E-state index is 0.0822. The van der Waals surface area contributed by atoms with Gasteiger partial charge in [0.2, 0.25) is 15.9 Å². The number of nitrogens with one attached hydrogen (secondary N) is 3. The molecule has 2 rings (SSSR count). The molecule has 0 unspecified atom stereocenters. The smallest absolute Gasteiger partial charge is 0.241 e. The number of sulfonamides is 1. The highest BCUT2D eigenvalue weighted by molar-refractivity contribution is 7.92. The summed E-state index contributed by atoms with van der Waals surface area (Å²) in [5.41, 5.74) is 1.01. The number of carbonyl (C=O) groups is 1. The van der Waals surface area contributed by atoms with Crippen LogP contribution >= 0.6 is 0 Å². The highest BCUT2D eigenvalue weighted by atomic mass is 32.2. The summed E-state index contributed by atoms with van der Waals surface area (Å²) in [5.74, 6) is -0.0822. The molecule has 0 saturated carbocycles. The Bertz CT molecular complexity index is 580. The first-order chi connectivity index (χ1) is 9.44. The van der Waals surface area contributed by atoms with Gasteiger partial charge in [-0.25, -0.2) is 8.42 Å². The molecule has 0 aliphatic carbocycles. The Kier molecular flexibility index (Phi) is 4.61. The number of hydrogen-bond acceptors (Lipinski definition) is 4. The molecule has 0 bridgehead atoms. The second-order valence-corrected chi connectivity index (χ2v) is 6.70. The van der Waals surface area contributed by atoms with Gasteiger partial charge in [0.05, 0.1) is 18.0 Å². The van der Waals surface area contributed by atoms with Gasteiger partial charge in [0.25, 0.3) is 0 Å². The van der Waals surface area contributed by atoms with Crippen LogP contribution in [0.5, 0.6) is 0 Å². The Morgan fingerprint density at radius 2 is 2.05 bits per heavy atom. The molecule has 1 aromatic rings. The van der Waals surface area contributed by atoms with E-state index in [1.165, 1.54) is 0 Å². The zero-order valence-electron chi connectivity index (χ0n) is 11.3. The quantitative estimate of drug-likeness (QED) is 0.777. The van der Waals surface area contributed by atoms with E-state index < -0.39 is 10.0 Å². The van der Waals surface area contributed by atoms with Crippen LogP contribution in [-0.4, -0.2) is 33.2 Å². The van der Waals surface area contributed by atoms with Crippen LogP contribution in [0.15, 0.2) is 24.3 Å². The van der Waals surface area contributed by atoms with E-state index in [0.717, 1.165) is 32.1 Å². The van der Waals surface area contributed by atoms with Gasteiger partial charge in [-0.05, 0) is 37.6 Å². The van der Waals surface area contributed by atoms with Crippen molar-refractivity contribution in [3.63, 3.8) is 0 Å². The summed E-state index contributed by atoms with van der Waals surface area (Å²) in [6, 6.07) is 6.48. The molecule has 1 saturated heterocycles. The number of anilines is 2. The lowest BCUT2D eigenvalue weighted by molar-refractivity contribution is -0.118. The van der Waals surface area contributed by atoms with Crippen molar-refractivity contribution in [1.82, 2.24) is 5.32 Å². The van der Waals surface area contributed by atoms with E-state index in [4.69, 9.17) is 0 Å². The van der Waals surface area contributed by atoms with Gasteiger partial charge in [-0.3, -0.25) is 9.52 Å². The molecular formula is C13H19N3O3S. The van der Waals surface area contributed by atoms with Crippen molar-refractivity contribution >= 4 is 27.3 Å². The van der Waals surface area contributed by atoms with Crippen LogP contribution < -0.4 is 15.4 Å². The van der Waals surface area contributed by atoms with Crippen LogP contribution in [0.1, 0.15) is 19.3 Å². The van der Waals surface area contributed by atoms with Gasteiger partial charge in [0.1, 0.15) is 0 Å². The van der Waals surface area contributed by atoms with E-state index in [2.05, 4.69) is 15.4 Å². The van der Waals surface area contributed by atoms with Gasteiger partial charge in [-0.15, -0.1) is 0 Å². The third-order valence-electron chi connectivity index (χ3n) is 3.06. The van der Waals surface area contributed by atoms with Crippen molar-refractivity contribution in [2.24, 2.45) is 0 Å². The highest BCUT2D eigenvalue weighted by Gasteiger charge is 2.20. The second-order valence-electron chi connectivity index (χ2n) is 4.95. The molecule has 1 atom stereocenters. The number of hydrogen-bond donors (Lipinski definition) is 3. The number of carbonyl (C=O) groups excluding carboxylic acids is 1. The molecule has 0 aromatic heterocycles. The lowest BCUT2D eigenvalue weighted by Gasteiger charge is -2.22. The van der Waals surface area contributed by atoms with Gasteiger partial charge < -0.3 is 10.6 Å². The van der Waals surface area contributed by atoms with Crippen molar-refractivity contribution in [3.05, 3.63) is 24.3 Å². The van der Waals surface area contributed by atoms with Crippen LogP contribution in [0.3, 0.4) is 0 Å². The minimum atomic E-state index is -3.32. The van der Waals surface area contributed by atoms with Crippen LogP contribution in [0.25, 0.3) is 0 Å². The predicted octanol–water partition coefficient (Wildman–Crippen LogP) is 1.14. The molecule has 0 spiro atoms. The molecule has 3 N–H and O–H groups in total. The van der Waals surface area contributed by atoms with Crippen molar-refractivity contribution in [1.29, 1.82) is 0 Å². The maximum Gasteiger partial charge on any atom is 0.241 e. The fraction of sp³-hybridized carbons (Fsp3) is 0.462. The summed E-state index contributed by atoms with van der Waals surface area (Å²) in [5, 5.41) is 5.97. The largest absolute Gasteiger partial charge is 0.325 e. The lowest BCUT2D eigenvalue weighted by Crippen LogP contribution is -2.43. The number of piperidine rings is 1. The molecule has 1 fully saturated rings. The first-order valence-electron chi connectivity index (χ1n) is 6.56. The number of amides is 1. The third kappa shape index (κ3) is 4.50. The normalized spacial score (nSPS) is 19.4.